The summed E-state index contributed by atoms with van der Waals surface area (Å²) in [6, 6.07) is 7.96. The largest absolute Gasteiger partial charge is 0.416 e. The van der Waals surface area contributed by atoms with Crippen molar-refractivity contribution in [2.45, 2.75) is 6.18 Å². The summed E-state index contributed by atoms with van der Waals surface area (Å²) < 4.78 is 38.3. The van der Waals surface area contributed by atoms with Crippen molar-refractivity contribution in [1.29, 1.82) is 0 Å². The molecule has 0 aliphatic heterocycles. The van der Waals surface area contributed by atoms with Gasteiger partial charge in [0, 0.05) is 11.1 Å². The number of nitrogens with one attached hydrogen (secondary N) is 1. The molecular weight excluding hydrogens is 371 g/mol. The van der Waals surface area contributed by atoms with Crippen molar-refractivity contribution in [1.82, 2.24) is 5.32 Å². The van der Waals surface area contributed by atoms with Crippen molar-refractivity contribution in [2.24, 2.45) is 5.73 Å². The Morgan fingerprint density at radius 2 is 1.42 bits per heavy atom. The molecule has 0 spiro atoms. The van der Waals surface area contributed by atoms with Crippen molar-refractivity contribution in [3.05, 3.63) is 65.2 Å². The summed E-state index contributed by atoms with van der Waals surface area (Å²) in [5.74, 6) is -1.54. The second kappa shape index (κ2) is 7.48. The fourth-order valence-corrected chi connectivity index (χ4v) is 2.10. The molecule has 4 amide bonds. The zero-order valence-corrected chi connectivity index (χ0v) is 13.8. The fraction of sp³-hybridized carbons (Fsp3) is 0.0625. The van der Waals surface area contributed by atoms with Gasteiger partial charge >= 0.3 is 12.2 Å². The molecule has 2 aromatic carbocycles. The van der Waals surface area contributed by atoms with E-state index in [4.69, 9.17) is 5.73 Å². The van der Waals surface area contributed by atoms with Crippen molar-refractivity contribution in [2.75, 3.05) is 4.31 Å². The van der Waals surface area contributed by atoms with Gasteiger partial charge in [-0.15, -0.1) is 0 Å². The molecule has 136 valence electrons. The third kappa shape index (κ3) is 4.54. The smallest absolute Gasteiger partial charge is 0.366 e. The Morgan fingerprint density at radius 3 is 1.88 bits per heavy atom. The van der Waals surface area contributed by atoms with E-state index in [1.165, 1.54) is 24.3 Å². The lowest BCUT2D eigenvalue weighted by atomic mass is 10.1. The number of halogens is 3. The molecule has 0 saturated carbocycles. The van der Waals surface area contributed by atoms with Gasteiger partial charge in [-0.05, 0) is 48.5 Å². The number of amides is 4. The minimum absolute atomic E-state index is 0.128. The lowest BCUT2D eigenvalue weighted by molar-refractivity contribution is -0.137. The Balaban J connectivity index is 2.06. The average molecular weight is 383 g/mol. The van der Waals surface area contributed by atoms with E-state index in [0.29, 0.717) is 0 Å². The molecule has 0 fully saturated rings. The lowest BCUT2D eigenvalue weighted by Gasteiger charge is -2.16. The molecule has 0 heterocycles. The quantitative estimate of drug-likeness (QED) is 0.712. The third-order valence-corrected chi connectivity index (χ3v) is 3.70. The van der Waals surface area contributed by atoms with Crippen LogP contribution in [0.2, 0.25) is 0 Å². The Hall–Kier alpha value is -3.01. The molecule has 10 heteroatoms. The molecule has 0 bridgehead atoms. The van der Waals surface area contributed by atoms with E-state index in [9.17, 15) is 27.6 Å². The van der Waals surface area contributed by atoms with Crippen LogP contribution in [0, 0.1) is 0 Å². The standard InChI is InChI=1S/C16H12F3N3O3S/c17-16(18,19)11-5-1-10(2-6-11)14(24)21-15(25)22(26)12-7-3-9(4-8-12)13(20)23/h1-8,26H,(H2,20,23)(H,21,24,25). The van der Waals surface area contributed by atoms with Crippen LogP contribution in [0.3, 0.4) is 0 Å². The molecule has 0 aliphatic rings. The van der Waals surface area contributed by atoms with E-state index in [1.54, 1.807) is 0 Å². The number of anilines is 1. The van der Waals surface area contributed by atoms with E-state index in [2.05, 4.69) is 12.8 Å². The first-order chi connectivity index (χ1) is 12.1. The van der Waals surface area contributed by atoms with E-state index in [1.807, 2.05) is 5.32 Å². The zero-order chi connectivity index (χ0) is 19.5. The highest BCUT2D eigenvalue weighted by Crippen LogP contribution is 2.29. The Kier molecular flexibility index (Phi) is 5.56. The number of benzene rings is 2. The van der Waals surface area contributed by atoms with Gasteiger partial charge < -0.3 is 5.73 Å². The molecule has 2 aromatic rings. The Bertz CT molecular complexity index is 837. The molecule has 2 rings (SSSR count). The predicted molar refractivity (Wildman–Crippen MR) is 90.7 cm³/mol. The number of primary amides is 1. The first-order valence-corrected chi connectivity index (χ1v) is 7.41. The van der Waals surface area contributed by atoms with Crippen LogP contribution < -0.4 is 15.4 Å². The van der Waals surface area contributed by atoms with Crippen LogP contribution in [-0.4, -0.2) is 17.8 Å². The number of imide groups is 1. The molecule has 6 nitrogen and oxygen atoms in total. The summed E-state index contributed by atoms with van der Waals surface area (Å²) >= 11 is 3.95. The second-order valence-electron chi connectivity index (χ2n) is 5.06. The highest BCUT2D eigenvalue weighted by Gasteiger charge is 2.30. The van der Waals surface area contributed by atoms with Crippen molar-refractivity contribution >= 4 is 36.3 Å². The average Bonchev–Trinajstić information content (AvgIpc) is 2.60. The predicted octanol–water partition coefficient (Wildman–Crippen LogP) is 3.01. The molecule has 0 saturated heterocycles. The van der Waals surface area contributed by atoms with Gasteiger partial charge in [-0.1, -0.05) is 12.8 Å². The van der Waals surface area contributed by atoms with Crippen LogP contribution in [0.1, 0.15) is 26.3 Å². The van der Waals surface area contributed by atoms with Crippen LogP contribution in [0.15, 0.2) is 48.5 Å². The third-order valence-electron chi connectivity index (χ3n) is 3.28. The summed E-state index contributed by atoms with van der Waals surface area (Å²) in [4.78, 5) is 35.0. The van der Waals surface area contributed by atoms with Gasteiger partial charge in [-0.25, -0.2) is 9.10 Å². The van der Waals surface area contributed by atoms with E-state index >= 15 is 0 Å². The fourth-order valence-electron chi connectivity index (χ4n) is 1.92. The maximum atomic E-state index is 12.5. The SMILES string of the molecule is NC(=O)c1ccc(N(S)C(=O)NC(=O)c2ccc(C(F)(F)F)cc2)cc1. The number of nitrogens with two attached hydrogens (primary N) is 1. The first-order valence-electron chi connectivity index (χ1n) is 7.01. The summed E-state index contributed by atoms with van der Waals surface area (Å²) in [7, 11) is 0. The number of thiol groups is 1. The molecule has 0 aromatic heterocycles. The number of rotatable bonds is 3. The van der Waals surface area contributed by atoms with Gasteiger partial charge in [0.05, 0.1) is 11.3 Å². The van der Waals surface area contributed by atoms with E-state index in [-0.39, 0.29) is 16.8 Å². The van der Waals surface area contributed by atoms with Crippen molar-refractivity contribution < 1.29 is 27.6 Å². The van der Waals surface area contributed by atoms with E-state index in [0.717, 1.165) is 28.6 Å². The monoisotopic (exact) mass is 383 g/mol. The number of nitrogens with zero attached hydrogens (tertiary/aromatic N) is 1. The molecule has 0 unspecified atom stereocenters. The normalized spacial score (nSPS) is 10.9. The maximum Gasteiger partial charge on any atom is 0.416 e. The van der Waals surface area contributed by atoms with Gasteiger partial charge in [-0.2, -0.15) is 13.2 Å². The topological polar surface area (TPSA) is 92.5 Å². The van der Waals surface area contributed by atoms with Crippen LogP contribution in [0.25, 0.3) is 0 Å². The Morgan fingerprint density at radius 1 is 0.923 bits per heavy atom. The van der Waals surface area contributed by atoms with Gasteiger partial charge in [0.2, 0.25) is 5.91 Å². The minimum Gasteiger partial charge on any atom is -0.366 e. The number of carbonyl (C=O) groups excluding carboxylic acids is 3. The number of hydrogen-bond donors (Lipinski definition) is 3. The van der Waals surface area contributed by atoms with Crippen molar-refractivity contribution in [3.63, 3.8) is 0 Å². The van der Waals surface area contributed by atoms with Gasteiger partial charge in [0.15, 0.2) is 0 Å². The summed E-state index contributed by atoms with van der Waals surface area (Å²) in [6.45, 7) is 0. The molecule has 0 atom stereocenters. The Labute approximate surface area is 151 Å². The van der Waals surface area contributed by atoms with Crippen LogP contribution in [0.4, 0.5) is 23.7 Å². The van der Waals surface area contributed by atoms with Crippen LogP contribution >= 0.6 is 12.8 Å². The highest BCUT2D eigenvalue weighted by atomic mass is 32.1. The van der Waals surface area contributed by atoms with Crippen LogP contribution in [-0.2, 0) is 6.18 Å². The van der Waals surface area contributed by atoms with Gasteiger partial charge in [-0.3, -0.25) is 14.9 Å². The van der Waals surface area contributed by atoms with Gasteiger partial charge in [0.1, 0.15) is 0 Å². The first kappa shape index (κ1) is 19.3. The second-order valence-corrected chi connectivity index (χ2v) is 5.46. The maximum absolute atomic E-state index is 12.5. The minimum atomic E-state index is -4.52. The molecule has 3 N–H and O–H groups in total. The van der Waals surface area contributed by atoms with Crippen LogP contribution in [0.5, 0.6) is 0 Å². The zero-order valence-electron chi connectivity index (χ0n) is 12.9. The summed E-state index contributed by atoms with van der Waals surface area (Å²) in [6.07, 6.45) is -4.52. The number of carbonyl (C=O) groups is 3. The molecular formula is C16H12F3N3O3S. The summed E-state index contributed by atoms with van der Waals surface area (Å²) in [5, 5.41) is 1.99. The number of alkyl halides is 3. The summed E-state index contributed by atoms with van der Waals surface area (Å²) in [5.41, 5.74) is 4.53. The van der Waals surface area contributed by atoms with Gasteiger partial charge in [0.25, 0.3) is 5.91 Å². The van der Waals surface area contributed by atoms with Crippen molar-refractivity contribution in [3.8, 4) is 0 Å². The lowest BCUT2D eigenvalue weighted by Crippen LogP contribution is -2.38. The molecule has 0 aliphatic carbocycles. The number of hydrogen-bond acceptors (Lipinski definition) is 4. The van der Waals surface area contributed by atoms with E-state index < -0.39 is 29.6 Å². The molecule has 0 radical (unpaired) electrons. The number of urea groups is 1. The highest BCUT2D eigenvalue weighted by molar-refractivity contribution is 7.82. The molecule has 26 heavy (non-hydrogen) atoms.